The standard InChI is InChI=1S/C23H27N7O3S/c1-4-30-17-12-18(32-15(6-9-24)11-14-7-10-34-13-14)26-16(5-8-23(2,3)31)19(17)27-22(30)20-21(25)29-33-28-20/h7,10,12-13,15,31H,4,6,9,11,24H2,1-3H3,(H2,25,29). The number of nitrogens with zero attached hydrogens (tertiary/aromatic N) is 5. The molecule has 0 saturated carbocycles. The van der Waals surface area contributed by atoms with Gasteiger partial charge in [-0.1, -0.05) is 5.92 Å². The van der Waals surface area contributed by atoms with E-state index in [4.69, 9.17) is 25.8 Å². The van der Waals surface area contributed by atoms with Gasteiger partial charge < -0.3 is 25.9 Å². The highest BCUT2D eigenvalue weighted by molar-refractivity contribution is 7.07. The first-order valence-corrected chi connectivity index (χ1v) is 11.9. The van der Waals surface area contributed by atoms with E-state index in [1.165, 1.54) is 5.56 Å². The number of rotatable bonds is 8. The van der Waals surface area contributed by atoms with Crippen molar-refractivity contribution in [2.24, 2.45) is 5.73 Å². The second kappa shape index (κ2) is 9.80. The van der Waals surface area contributed by atoms with Crippen LogP contribution in [0.2, 0.25) is 0 Å². The second-order valence-electron chi connectivity index (χ2n) is 8.32. The van der Waals surface area contributed by atoms with Crippen LogP contribution in [0.25, 0.3) is 22.6 Å². The zero-order valence-corrected chi connectivity index (χ0v) is 20.1. The third kappa shape index (κ3) is 5.20. The molecule has 0 aliphatic heterocycles. The van der Waals surface area contributed by atoms with Gasteiger partial charge in [-0.15, -0.1) is 0 Å². The van der Waals surface area contributed by atoms with Crippen molar-refractivity contribution in [2.75, 3.05) is 12.3 Å². The van der Waals surface area contributed by atoms with E-state index >= 15 is 0 Å². The largest absolute Gasteiger partial charge is 0.474 e. The normalized spacial score (nSPS) is 12.5. The van der Waals surface area contributed by atoms with Gasteiger partial charge in [-0.05, 0) is 72.4 Å². The molecule has 0 bridgehead atoms. The summed E-state index contributed by atoms with van der Waals surface area (Å²) in [6.45, 7) is 6.24. The third-order valence-corrected chi connectivity index (χ3v) is 5.79. The minimum Gasteiger partial charge on any atom is -0.474 e. The van der Waals surface area contributed by atoms with Crippen LogP contribution in [0.4, 0.5) is 5.82 Å². The molecule has 34 heavy (non-hydrogen) atoms. The van der Waals surface area contributed by atoms with Gasteiger partial charge in [0.25, 0.3) is 0 Å². The molecule has 0 aliphatic carbocycles. The maximum absolute atomic E-state index is 10.2. The Hall–Kier alpha value is -3.46. The molecule has 11 heteroatoms. The number of nitrogen functional groups attached to an aromatic ring is 1. The van der Waals surface area contributed by atoms with E-state index in [0.717, 1.165) is 5.52 Å². The first kappa shape index (κ1) is 23.7. The van der Waals surface area contributed by atoms with Crippen molar-refractivity contribution in [3.63, 3.8) is 0 Å². The predicted molar refractivity (Wildman–Crippen MR) is 130 cm³/mol. The molecule has 0 radical (unpaired) electrons. The Morgan fingerprint density at radius 2 is 2.15 bits per heavy atom. The van der Waals surface area contributed by atoms with Gasteiger partial charge in [0.2, 0.25) is 5.88 Å². The molecule has 0 aromatic carbocycles. The number of imidazole rings is 1. The van der Waals surface area contributed by atoms with Crippen molar-refractivity contribution in [3.8, 4) is 29.2 Å². The summed E-state index contributed by atoms with van der Waals surface area (Å²) in [6.07, 6.45) is 1.22. The maximum atomic E-state index is 10.2. The Kier molecular flexibility index (Phi) is 6.83. The monoisotopic (exact) mass is 481 g/mol. The maximum Gasteiger partial charge on any atom is 0.216 e. The van der Waals surface area contributed by atoms with Gasteiger partial charge in [-0.3, -0.25) is 0 Å². The summed E-state index contributed by atoms with van der Waals surface area (Å²) < 4.78 is 13.0. The van der Waals surface area contributed by atoms with Gasteiger partial charge in [0.1, 0.15) is 22.9 Å². The van der Waals surface area contributed by atoms with Crippen LogP contribution in [0.15, 0.2) is 27.5 Å². The number of hydrogen-bond donors (Lipinski definition) is 3. The molecule has 178 valence electrons. The van der Waals surface area contributed by atoms with Crippen LogP contribution in [0, 0.1) is 11.8 Å². The number of thiophene rings is 1. The molecule has 0 amide bonds. The molecule has 4 rings (SSSR count). The highest BCUT2D eigenvalue weighted by atomic mass is 32.1. The van der Waals surface area contributed by atoms with Crippen LogP contribution in [-0.4, -0.2) is 48.2 Å². The molecular weight excluding hydrogens is 454 g/mol. The summed E-state index contributed by atoms with van der Waals surface area (Å²) >= 11 is 1.64. The van der Waals surface area contributed by atoms with E-state index in [2.05, 4.69) is 38.6 Å². The topological polar surface area (TPSA) is 151 Å². The Balaban J connectivity index is 1.83. The summed E-state index contributed by atoms with van der Waals surface area (Å²) in [4.78, 5) is 9.34. The Labute approximate surface area is 200 Å². The molecule has 0 fully saturated rings. The Morgan fingerprint density at radius 1 is 1.32 bits per heavy atom. The third-order valence-electron chi connectivity index (χ3n) is 5.06. The number of pyridine rings is 1. The van der Waals surface area contributed by atoms with Crippen molar-refractivity contribution in [3.05, 3.63) is 34.2 Å². The number of hydrogen-bond acceptors (Lipinski definition) is 10. The lowest BCUT2D eigenvalue weighted by molar-refractivity contribution is 0.143. The first-order valence-electron chi connectivity index (χ1n) is 10.9. The number of nitrogens with two attached hydrogens (primary N) is 2. The summed E-state index contributed by atoms with van der Waals surface area (Å²) in [7, 11) is 0. The van der Waals surface area contributed by atoms with Gasteiger partial charge in [-0.25, -0.2) is 14.6 Å². The molecule has 1 atom stereocenters. The molecular formula is C23H27N7O3S. The highest BCUT2D eigenvalue weighted by Crippen LogP contribution is 2.30. The average molecular weight is 482 g/mol. The molecule has 1 unspecified atom stereocenters. The number of aryl methyl sites for hydroxylation is 1. The summed E-state index contributed by atoms with van der Waals surface area (Å²) in [5.74, 6) is 6.79. The van der Waals surface area contributed by atoms with Crippen molar-refractivity contribution < 1.29 is 14.5 Å². The fourth-order valence-electron chi connectivity index (χ4n) is 3.54. The van der Waals surface area contributed by atoms with E-state index in [1.807, 2.05) is 22.9 Å². The van der Waals surface area contributed by atoms with Crippen LogP contribution < -0.4 is 16.2 Å². The molecule has 0 saturated heterocycles. The lowest BCUT2D eigenvalue weighted by Gasteiger charge is -2.18. The summed E-state index contributed by atoms with van der Waals surface area (Å²) in [6, 6.07) is 3.90. The zero-order chi connectivity index (χ0) is 24.3. The summed E-state index contributed by atoms with van der Waals surface area (Å²) in [5, 5.41) is 21.9. The fraction of sp³-hybridized carbons (Fsp3) is 0.391. The van der Waals surface area contributed by atoms with Crippen molar-refractivity contribution in [1.82, 2.24) is 24.8 Å². The average Bonchev–Trinajstić information content (AvgIpc) is 3.51. The van der Waals surface area contributed by atoms with E-state index in [9.17, 15) is 5.11 Å². The first-order chi connectivity index (χ1) is 16.3. The predicted octanol–water partition coefficient (Wildman–Crippen LogP) is 2.61. The molecule has 5 N–H and O–H groups in total. The molecule has 10 nitrogen and oxygen atoms in total. The number of ether oxygens (including phenoxy) is 1. The van der Waals surface area contributed by atoms with Gasteiger partial charge >= 0.3 is 0 Å². The highest BCUT2D eigenvalue weighted by Gasteiger charge is 2.22. The minimum atomic E-state index is -1.21. The van der Waals surface area contributed by atoms with Gasteiger partial charge in [0.15, 0.2) is 17.3 Å². The number of fused-ring (bicyclic) bond motifs is 1. The Bertz CT molecular complexity index is 1330. The smallest absolute Gasteiger partial charge is 0.216 e. The van der Waals surface area contributed by atoms with Crippen LogP contribution in [-0.2, 0) is 13.0 Å². The van der Waals surface area contributed by atoms with Crippen LogP contribution in [0.5, 0.6) is 5.88 Å². The Morgan fingerprint density at radius 3 is 2.76 bits per heavy atom. The molecule has 4 heterocycles. The van der Waals surface area contributed by atoms with Crippen LogP contribution in [0.3, 0.4) is 0 Å². The lowest BCUT2D eigenvalue weighted by atomic mass is 10.1. The van der Waals surface area contributed by atoms with E-state index in [0.29, 0.717) is 54.5 Å². The van der Waals surface area contributed by atoms with E-state index in [1.54, 1.807) is 25.2 Å². The minimum absolute atomic E-state index is 0.136. The zero-order valence-electron chi connectivity index (χ0n) is 19.3. The number of aliphatic hydroxyl groups is 1. The van der Waals surface area contributed by atoms with Crippen molar-refractivity contribution in [2.45, 2.75) is 51.9 Å². The van der Waals surface area contributed by atoms with Gasteiger partial charge in [0.05, 0.1) is 5.52 Å². The number of anilines is 1. The fourth-order valence-corrected chi connectivity index (χ4v) is 4.22. The molecule has 4 aromatic rings. The van der Waals surface area contributed by atoms with E-state index in [-0.39, 0.29) is 11.9 Å². The van der Waals surface area contributed by atoms with E-state index < -0.39 is 5.60 Å². The van der Waals surface area contributed by atoms with Crippen molar-refractivity contribution >= 4 is 28.2 Å². The number of aromatic nitrogens is 5. The van der Waals surface area contributed by atoms with Gasteiger partial charge in [0, 0.05) is 19.0 Å². The molecule has 0 spiro atoms. The SMILES string of the molecule is CCn1c(-c2nonc2N)nc2c(C#CC(C)(C)O)nc(OC(CCN)Cc3ccsc3)cc21. The molecule has 0 aliphatic rings. The quantitative estimate of drug-likeness (QED) is 0.322. The van der Waals surface area contributed by atoms with Crippen molar-refractivity contribution in [1.29, 1.82) is 0 Å². The van der Waals surface area contributed by atoms with Crippen LogP contribution in [0.1, 0.15) is 38.4 Å². The van der Waals surface area contributed by atoms with Gasteiger partial charge in [-0.2, -0.15) is 11.3 Å². The summed E-state index contributed by atoms with van der Waals surface area (Å²) in [5.41, 5.74) is 13.7. The van der Waals surface area contributed by atoms with Crippen LogP contribution >= 0.6 is 11.3 Å². The molecule has 4 aromatic heterocycles. The second-order valence-corrected chi connectivity index (χ2v) is 9.10. The lowest BCUT2D eigenvalue weighted by Crippen LogP contribution is -2.23.